The Hall–Kier alpha value is -0.930. The quantitative estimate of drug-likeness (QED) is 0.791. The Morgan fingerprint density at radius 2 is 2.14 bits per heavy atom. The maximum absolute atomic E-state index is 13.5. The zero-order valence-corrected chi connectivity index (χ0v) is 8.63. The van der Waals surface area contributed by atoms with E-state index in [0.29, 0.717) is 24.2 Å². The predicted octanol–water partition coefficient (Wildman–Crippen LogP) is 1.56. The predicted molar refractivity (Wildman–Crippen MR) is 54.6 cm³/mol. The van der Waals surface area contributed by atoms with Crippen LogP contribution in [-0.2, 0) is 6.54 Å². The summed E-state index contributed by atoms with van der Waals surface area (Å²) in [5.41, 5.74) is 1.35. The number of likely N-dealkylation sites (N-methyl/N-ethyl adjacent to an activating group) is 1. The van der Waals surface area contributed by atoms with E-state index in [2.05, 4.69) is 0 Å². The molecule has 1 N–H and O–H groups in total. The van der Waals surface area contributed by atoms with E-state index in [4.69, 9.17) is 5.11 Å². The molecule has 0 bridgehead atoms. The van der Waals surface area contributed by atoms with Gasteiger partial charge < -0.3 is 5.11 Å². The van der Waals surface area contributed by atoms with Gasteiger partial charge in [-0.1, -0.05) is 18.2 Å². The summed E-state index contributed by atoms with van der Waals surface area (Å²) in [4.78, 5) is 1.89. The largest absolute Gasteiger partial charge is 0.395 e. The van der Waals surface area contributed by atoms with Crippen LogP contribution in [-0.4, -0.2) is 30.2 Å². The zero-order valence-electron chi connectivity index (χ0n) is 8.63. The molecular weight excluding hydrogens is 181 g/mol. The second kappa shape index (κ2) is 5.08. The van der Waals surface area contributed by atoms with Crippen LogP contribution >= 0.6 is 0 Å². The molecule has 0 saturated carbocycles. The van der Waals surface area contributed by atoms with Crippen LogP contribution < -0.4 is 0 Å². The molecule has 0 atom stereocenters. The molecule has 0 unspecified atom stereocenters. The highest BCUT2D eigenvalue weighted by molar-refractivity contribution is 5.24. The highest BCUT2D eigenvalue weighted by atomic mass is 19.1. The van der Waals surface area contributed by atoms with Crippen molar-refractivity contribution < 1.29 is 9.50 Å². The number of aryl methyl sites for hydroxylation is 1. The number of halogens is 1. The molecule has 2 nitrogen and oxygen atoms in total. The fourth-order valence-corrected chi connectivity index (χ4v) is 1.37. The molecule has 0 aliphatic carbocycles. The van der Waals surface area contributed by atoms with E-state index in [1.807, 2.05) is 18.0 Å². The van der Waals surface area contributed by atoms with Crippen molar-refractivity contribution >= 4 is 0 Å². The van der Waals surface area contributed by atoms with Gasteiger partial charge in [-0.2, -0.15) is 0 Å². The third kappa shape index (κ3) is 2.79. The minimum atomic E-state index is -0.141. The molecule has 0 aliphatic rings. The van der Waals surface area contributed by atoms with Gasteiger partial charge in [-0.15, -0.1) is 0 Å². The maximum atomic E-state index is 13.5. The van der Waals surface area contributed by atoms with E-state index < -0.39 is 0 Å². The third-order valence-electron chi connectivity index (χ3n) is 2.19. The van der Waals surface area contributed by atoms with Crippen molar-refractivity contribution in [3.63, 3.8) is 0 Å². The van der Waals surface area contributed by atoms with E-state index in [1.54, 1.807) is 19.1 Å². The fourth-order valence-electron chi connectivity index (χ4n) is 1.37. The highest BCUT2D eigenvalue weighted by Gasteiger charge is 2.06. The Labute approximate surface area is 84.0 Å². The minimum Gasteiger partial charge on any atom is -0.395 e. The first-order chi connectivity index (χ1) is 6.65. The van der Waals surface area contributed by atoms with Gasteiger partial charge in [0.25, 0.3) is 0 Å². The van der Waals surface area contributed by atoms with Crippen molar-refractivity contribution in [2.24, 2.45) is 0 Å². The van der Waals surface area contributed by atoms with E-state index in [9.17, 15) is 4.39 Å². The maximum Gasteiger partial charge on any atom is 0.130 e. The lowest BCUT2D eigenvalue weighted by molar-refractivity contribution is 0.216. The van der Waals surface area contributed by atoms with E-state index in [1.165, 1.54) is 0 Å². The third-order valence-corrected chi connectivity index (χ3v) is 2.19. The van der Waals surface area contributed by atoms with Gasteiger partial charge >= 0.3 is 0 Å². The van der Waals surface area contributed by atoms with Crippen LogP contribution in [0, 0.1) is 12.7 Å². The number of aliphatic hydroxyl groups is 1. The molecule has 1 aromatic rings. The van der Waals surface area contributed by atoms with Crippen LogP contribution in [0.1, 0.15) is 11.1 Å². The minimum absolute atomic E-state index is 0.101. The molecule has 0 heterocycles. The number of hydrogen-bond donors (Lipinski definition) is 1. The van der Waals surface area contributed by atoms with Crippen LogP contribution in [0.25, 0.3) is 0 Å². The number of hydrogen-bond acceptors (Lipinski definition) is 2. The Balaban J connectivity index is 2.71. The molecule has 0 spiro atoms. The van der Waals surface area contributed by atoms with Crippen molar-refractivity contribution in [3.8, 4) is 0 Å². The summed E-state index contributed by atoms with van der Waals surface area (Å²) in [7, 11) is 1.86. The lowest BCUT2D eigenvalue weighted by Gasteiger charge is -2.15. The highest BCUT2D eigenvalue weighted by Crippen LogP contribution is 2.13. The van der Waals surface area contributed by atoms with Crippen LogP contribution in [0.5, 0.6) is 0 Å². The first-order valence-electron chi connectivity index (χ1n) is 4.68. The Morgan fingerprint density at radius 3 is 2.79 bits per heavy atom. The molecule has 1 aromatic carbocycles. The zero-order chi connectivity index (χ0) is 10.6. The van der Waals surface area contributed by atoms with Gasteiger partial charge in [0.15, 0.2) is 0 Å². The summed E-state index contributed by atoms with van der Waals surface area (Å²) in [6, 6.07) is 5.38. The SMILES string of the molecule is Cc1cccc(CN(C)CCO)c1F. The van der Waals surface area contributed by atoms with Crippen LogP contribution in [0.4, 0.5) is 4.39 Å². The van der Waals surface area contributed by atoms with Crippen LogP contribution in [0.2, 0.25) is 0 Å². The fraction of sp³-hybridized carbons (Fsp3) is 0.455. The first-order valence-corrected chi connectivity index (χ1v) is 4.68. The van der Waals surface area contributed by atoms with Crippen molar-refractivity contribution in [1.29, 1.82) is 0 Å². The topological polar surface area (TPSA) is 23.5 Å². The van der Waals surface area contributed by atoms with E-state index in [-0.39, 0.29) is 12.4 Å². The molecule has 3 heteroatoms. The van der Waals surface area contributed by atoms with Crippen molar-refractivity contribution in [2.75, 3.05) is 20.2 Å². The molecule has 0 saturated heterocycles. The van der Waals surface area contributed by atoms with Gasteiger partial charge in [-0.3, -0.25) is 4.90 Å². The second-order valence-corrected chi connectivity index (χ2v) is 3.51. The lowest BCUT2D eigenvalue weighted by atomic mass is 10.1. The summed E-state index contributed by atoms with van der Waals surface area (Å²) in [6.07, 6.45) is 0. The monoisotopic (exact) mass is 197 g/mol. The average molecular weight is 197 g/mol. The van der Waals surface area contributed by atoms with Gasteiger partial charge in [0.05, 0.1) is 6.61 Å². The summed E-state index contributed by atoms with van der Waals surface area (Å²) >= 11 is 0. The number of benzene rings is 1. The van der Waals surface area contributed by atoms with Crippen LogP contribution in [0.15, 0.2) is 18.2 Å². The summed E-state index contributed by atoms with van der Waals surface area (Å²) < 4.78 is 13.5. The van der Waals surface area contributed by atoms with Gasteiger partial charge in [0, 0.05) is 18.7 Å². The summed E-state index contributed by atoms with van der Waals surface area (Å²) in [5.74, 6) is -0.141. The molecule has 0 aliphatic heterocycles. The second-order valence-electron chi connectivity index (χ2n) is 3.51. The van der Waals surface area contributed by atoms with E-state index >= 15 is 0 Å². The molecule has 0 fully saturated rings. The number of rotatable bonds is 4. The Kier molecular flexibility index (Phi) is 4.04. The molecule has 0 amide bonds. The van der Waals surface area contributed by atoms with Gasteiger partial charge in [0.1, 0.15) is 5.82 Å². The molecule has 78 valence electrons. The number of aliphatic hydroxyl groups excluding tert-OH is 1. The Morgan fingerprint density at radius 1 is 1.43 bits per heavy atom. The van der Waals surface area contributed by atoms with Crippen LogP contribution in [0.3, 0.4) is 0 Å². The lowest BCUT2D eigenvalue weighted by Crippen LogP contribution is -2.22. The average Bonchev–Trinajstić information content (AvgIpc) is 2.13. The van der Waals surface area contributed by atoms with Gasteiger partial charge in [-0.25, -0.2) is 4.39 Å². The molecule has 14 heavy (non-hydrogen) atoms. The Bertz CT molecular complexity index is 301. The van der Waals surface area contributed by atoms with Crippen molar-refractivity contribution in [3.05, 3.63) is 35.1 Å². The molecule has 1 rings (SSSR count). The summed E-state index contributed by atoms with van der Waals surface area (Å²) in [6.45, 7) is 2.95. The van der Waals surface area contributed by atoms with E-state index in [0.717, 1.165) is 0 Å². The standard InChI is InChI=1S/C11H16FNO/c1-9-4-3-5-10(11(9)12)8-13(2)6-7-14/h3-5,14H,6-8H2,1-2H3. The van der Waals surface area contributed by atoms with Crippen molar-refractivity contribution in [1.82, 2.24) is 4.90 Å². The summed E-state index contributed by atoms with van der Waals surface area (Å²) in [5, 5.41) is 8.70. The normalized spacial score (nSPS) is 10.9. The number of nitrogens with zero attached hydrogens (tertiary/aromatic N) is 1. The first kappa shape index (κ1) is 11.1. The van der Waals surface area contributed by atoms with Crippen molar-refractivity contribution in [2.45, 2.75) is 13.5 Å². The smallest absolute Gasteiger partial charge is 0.130 e. The van der Waals surface area contributed by atoms with Gasteiger partial charge in [-0.05, 0) is 19.5 Å². The molecular formula is C11H16FNO. The van der Waals surface area contributed by atoms with Gasteiger partial charge in [0.2, 0.25) is 0 Å². The molecule has 0 aromatic heterocycles. The molecule has 0 radical (unpaired) electrons.